The molecule has 3 unspecified atom stereocenters. The van der Waals surface area contributed by atoms with Crippen LogP contribution < -0.4 is 5.32 Å². The third-order valence-corrected chi connectivity index (χ3v) is 13.5. The van der Waals surface area contributed by atoms with E-state index in [1.165, 1.54) is 60.6 Å². The highest BCUT2D eigenvalue weighted by atomic mass is 16.8. The van der Waals surface area contributed by atoms with E-state index in [-0.39, 0.29) is 29.7 Å². The Hall–Kier alpha value is -4.58. The molecule has 5 aliphatic rings. The van der Waals surface area contributed by atoms with Gasteiger partial charge in [0.25, 0.3) is 0 Å². The van der Waals surface area contributed by atoms with E-state index in [4.69, 9.17) is 33.2 Å². The minimum absolute atomic E-state index is 0.0517. The van der Waals surface area contributed by atoms with Crippen LogP contribution in [0.1, 0.15) is 92.4 Å². The van der Waals surface area contributed by atoms with Crippen LogP contribution in [-0.4, -0.2) is 124 Å². The van der Waals surface area contributed by atoms with Crippen LogP contribution in [-0.2, 0) is 47.5 Å². The van der Waals surface area contributed by atoms with E-state index < -0.39 is 123 Å². The van der Waals surface area contributed by atoms with Crippen LogP contribution in [0.3, 0.4) is 0 Å². The van der Waals surface area contributed by atoms with Gasteiger partial charge in [-0.05, 0) is 78.7 Å². The summed E-state index contributed by atoms with van der Waals surface area (Å²) in [4.78, 5) is 82.8. The molecule has 0 spiro atoms. The molecule has 0 aromatic heterocycles. The van der Waals surface area contributed by atoms with Crippen molar-refractivity contribution in [1.82, 2.24) is 5.32 Å². The number of rotatable bonds is 6. The number of hydrogen-bond acceptors (Lipinski definition) is 16. The van der Waals surface area contributed by atoms with Gasteiger partial charge in [-0.3, -0.25) is 9.59 Å². The molecule has 1 amide bonds. The zero-order valence-corrected chi connectivity index (χ0v) is 35.2. The number of cyclic esters (lactones) is 1. The number of amides is 1. The van der Waals surface area contributed by atoms with Gasteiger partial charge in [0.05, 0.1) is 48.2 Å². The smallest absolute Gasteiger partial charge is 0.455 e. The molecule has 1 aromatic carbocycles. The summed E-state index contributed by atoms with van der Waals surface area (Å²) in [5, 5.41) is 40.4. The van der Waals surface area contributed by atoms with Crippen molar-refractivity contribution in [2.24, 2.45) is 22.2 Å². The molecule has 2 saturated carbocycles. The Morgan fingerprint density at radius 3 is 2.14 bits per heavy atom. The maximum absolute atomic E-state index is 15.1. The number of aliphatic hydroxyl groups excluding tert-OH is 2. The highest BCUT2D eigenvalue weighted by Gasteiger charge is 2.79. The largest absolute Gasteiger partial charge is 0.508 e. The summed E-state index contributed by atoms with van der Waals surface area (Å²) in [5.74, 6) is -5.51. The second-order valence-electron chi connectivity index (χ2n) is 18.9. The molecule has 4 N–H and O–H groups in total. The minimum atomic E-state index is -2.43. The first-order valence-corrected chi connectivity index (χ1v) is 19.5. The molecule has 6 rings (SSSR count). The van der Waals surface area contributed by atoms with Crippen molar-refractivity contribution in [2.45, 2.75) is 141 Å². The number of methoxy groups -OCH3 is 1. The Morgan fingerprint density at radius 2 is 1.58 bits per heavy atom. The van der Waals surface area contributed by atoms with E-state index in [1.54, 1.807) is 39.0 Å². The van der Waals surface area contributed by atoms with Gasteiger partial charge in [0, 0.05) is 18.3 Å². The van der Waals surface area contributed by atoms with Crippen LogP contribution >= 0.6 is 0 Å². The number of esters is 3. The second-order valence-corrected chi connectivity index (χ2v) is 18.9. The molecule has 324 valence electrons. The van der Waals surface area contributed by atoms with Gasteiger partial charge in [-0.2, -0.15) is 0 Å². The summed E-state index contributed by atoms with van der Waals surface area (Å²) in [6, 6.07) is 6.48. The number of carbonyl (C=O) groups excluding carboxylic acids is 6. The van der Waals surface area contributed by atoms with E-state index in [0.717, 1.165) is 7.11 Å². The molecule has 3 aliphatic carbocycles. The third kappa shape index (κ3) is 6.68. The van der Waals surface area contributed by atoms with Gasteiger partial charge in [0.1, 0.15) is 35.1 Å². The lowest BCUT2D eigenvalue weighted by Crippen LogP contribution is -2.82. The summed E-state index contributed by atoms with van der Waals surface area (Å²) < 4.78 is 40.1. The maximum Gasteiger partial charge on any atom is 0.508 e. The number of alkyl carbamates (subject to hydrolysis) is 1. The Bertz CT molecular complexity index is 1970. The van der Waals surface area contributed by atoms with Gasteiger partial charge in [0.2, 0.25) is 6.10 Å². The number of carbonyl (C=O) groups is 6. The maximum atomic E-state index is 15.1. The molecule has 2 bridgehead atoms. The molecule has 59 heavy (non-hydrogen) atoms. The fourth-order valence-electron chi connectivity index (χ4n) is 9.92. The van der Waals surface area contributed by atoms with Crippen molar-refractivity contribution in [2.75, 3.05) is 13.7 Å². The van der Waals surface area contributed by atoms with E-state index in [1.807, 2.05) is 0 Å². The number of aliphatic hydroxyl groups is 3. The standard InChI is InChI=1S/C42H55NO16/c1-20-24-25(45)29(46)40(10)22(44)17-23-41(19-54-23,59-35(51)53-11)27(40)30(56-31(47)21-15-13-12-14-16-21)42(52,38(24,7)8)18-39(20,9)57-32(48)26-28(37(5,6)33(49)55-26)43-34(50)58-36(2,3)4/h12-16,22-23,25-28,30,44-45,52H,17-19H2,1-11H3,(H,43,50)/t22?,23-,25-,26?,27?,28-,30+,39-,40-,41+,42-/m1/s1. The molecule has 17 heteroatoms. The van der Waals surface area contributed by atoms with Gasteiger partial charge in [0.15, 0.2) is 11.4 Å². The predicted molar refractivity (Wildman–Crippen MR) is 202 cm³/mol. The summed E-state index contributed by atoms with van der Waals surface area (Å²) in [5.41, 5.74) is -12.3. The monoisotopic (exact) mass is 829 g/mol. The zero-order chi connectivity index (χ0) is 44.1. The van der Waals surface area contributed by atoms with E-state index in [2.05, 4.69) is 5.32 Å². The predicted octanol–water partition coefficient (Wildman–Crippen LogP) is 3.09. The first-order valence-electron chi connectivity index (χ1n) is 19.5. The molecule has 17 nitrogen and oxygen atoms in total. The average molecular weight is 830 g/mol. The topological polar surface area (TPSA) is 240 Å². The van der Waals surface area contributed by atoms with Crippen LogP contribution in [0.25, 0.3) is 0 Å². The SMILES string of the molecule is COC(=O)O[C@@]12CO[C@@H]1CC(O)[C@@]1(C)C(=O)[C@H](O)C3=C(C)[C@](C)(OC(=O)C4OC(=O)C(C)(C)[C@@H]4NC(=O)OC(C)(C)C)C[C@@](O)([C@@H](OC(=O)c4ccccc4)C12)C3(C)C. The van der Waals surface area contributed by atoms with Crippen molar-refractivity contribution in [3.8, 4) is 0 Å². The Kier molecular flexibility index (Phi) is 10.6. The first-order chi connectivity index (χ1) is 27.1. The van der Waals surface area contributed by atoms with E-state index >= 15 is 4.79 Å². The van der Waals surface area contributed by atoms with Crippen LogP contribution in [0.4, 0.5) is 9.59 Å². The molecule has 4 fully saturated rings. The second kappa shape index (κ2) is 14.3. The van der Waals surface area contributed by atoms with Crippen molar-refractivity contribution in [1.29, 1.82) is 0 Å². The van der Waals surface area contributed by atoms with Crippen molar-refractivity contribution >= 4 is 35.9 Å². The molecular formula is C42H55NO16. The molecule has 2 heterocycles. The Labute approximate surface area is 342 Å². The van der Waals surface area contributed by atoms with Crippen LogP contribution in [0.15, 0.2) is 41.5 Å². The van der Waals surface area contributed by atoms with Crippen LogP contribution in [0, 0.1) is 22.2 Å². The number of benzene rings is 1. The number of fused-ring (bicyclic) bond motifs is 5. The molecular weight excluding hydrogens is 774 g/mol. The molecule has 1 aromatic rings. The molecule has 2 aliphatic heterocycles. The molecule has 11 atom stereocenters. The van der Waals surface area contributed by atoms with Gasteiger partial charge in [-0.1, -0.05) is 32.0 Å². The lowest BCUT2D eigenvalue weighted by molar-refractivity contribution is -0.345. The van der Waals surface area contributed by atoms with Gasteiger partial charge in [-0.15, -0.1) is 0 Å². The highest BCUT2D eigenvalue weighted by molar-refractivity contribution is 5.94. The van der Waals surface area contributed by atoms with Gasteiger partial charge >= 0.3 is 30.2 Å². The fraction of sp³-hybridized carbons (Fsp3) is 0.667. The van der Waals surface area contributed by atoms with Gasteiger partial charge < -0.3 is 53.8 Å². The normalized spacial score (nSPS) is 38.2. The lowest BCUT2D eigenvalue weighted by atomic mass is 9.44. The number of hydrogen-bond donors (Lipinski definition) is 4. The number of ether oxygens (including phenoxy) is 7. The summed E-state index contributed by atoms with van der Waals surface area (Å²) >= 11 is 0. The third-order valence-electron chi connectivity index (χ3n) is 13.5. The number of Topliss-reactive ketones (excluding diaryl/α,β-unsaturated/α-hetero) is 1. The Morgan fingerprint density at radius 1 is 0.949 bits per heavy atom. The van der Waals surface area contributed by atoms with E-state index in [0.29, 0.717) is 0 Å². The summed E-state index contributed by atoms with van der Waals surface area (Å²) in [6.45, 7) is 14.8. The quantitative estimate of drug-likeness (QED) is 0.183. The highest BCUT2D eigenvalue weighted by Crippen LogP contribution is 2.65. The zero-order valence-electron chi connectivity index (χ0n) is 35.2. The minimum Gasteiger partial charge on any atom is -0.455 e. The lowest BCUT2D eigenvalue weighted by Gasteiger charge is -2.67. The van der Waals surface area contributed by atoms with Crippen LogP contribution in [0.5, 0.6) is 0 Å². The van der Waals surface area contributed by atoms with Crippen LogP contribution in [0.2, 0.25) is 0 Å². The Balaban J connectivity index is 1.53. The summed E-state index contributed by atoms with van der Waals surface area (Å²) in [6.07, 6.45) is -11.3. The fourth-order valence-corrected chi connectivity index (χ4v) is 9.92. The van der Waals surface area contributed by atoms with E-state index in [9.17, 15) is 39.3 Å². The van der Waals surface area contributed by atoms with Crippen molar-refractivity contribution < 1.29 is 77.2 Å². The number of nitrogens with one attached hydrogen (secondary N) is 1. The first kappa shape index (κ1) is 44.0. The average Bonchev–Trinajstić information content (AvgIpc) is 3.36. The van der Waals surface area contributed by atoms with Crippen molar-refractivity contribution in [3.05, 3.63) is 47.0 Å². The van der Waals surface area contributed by atoms with Crippen molar-refractivity contribution in [3.63, 3.8) is 0 Å². The number of ketones is 1. The molecule has 2 saturated heterocycles. The van der Waals surface area contributed by atoms with Gasteiger partial charge in [-0.25, -0.2) is 19.2 Å². The summed E-state index contributed by atoms with van der Waals surface area (Å²) in [7, 11) is 1.07. The molecule has 0 radical (unpaired) electrons.